The lowest BCUT2D eigenvalue weighted by atomic mass is 10.2. The molecule has 0 rings (SSSR count). The zero-order chi connectivity index (χ0) is 12.7. The van der Waals surface area contributed by atoms with E-state index in [1.54, 1.807) is 20.8 Å². The van der Waals surface area contributed by atoms with Gasteiger partial charge in [0.05, 0.1) is 0 Å². The van der Waals surface area contributed by atoms with E-state index in [-0.39, 0.29) is 0 Å². The molecule has 0 unspecified atom stereocenters. The van der Waals surface area contributed by atoms with E-state index >= 15 is 0 Å². The summed E-state index contributed by atoms with van der Waals surface area (Å²) in [6.07, 6.45) is -5.14. The van der Waals surface area contributed by atoms with Gasteiger partial charge in [-0.2, -0.15) is 4.18 Å². The van der Waals surface area contributed by atoms with E-state index in [1.807, 2.05) is 0 Å². The standard InChI is InChI=1S/C7H15F3O3SSi/c1-6(2,3)15(4,5)14(11,12)13-7(8,9)10/h1-5H3. The van der Waals surface area contributed by atoms with Crippen molar-refractivity contribution in [2.45, 2.75) is 45.3 Å². The Kier molecular flexibility index (Phi) is 3.72. The summed E-state index contributed by atoms with van der Waals surface area (Å²) in [4.78, 5) is 0. The first-order valence-corrected chi connectivity index (χ1v) is 9.36. The first-order chi connectivity index (χ1) is 6.21. The van der Waals surface area contributed by atoms with E-state index in [2.05, 4.69) is 4.18 Å². The molecule has 0 saturated carbocycles. The first kappa shape index (κ1) is 14.9. The van der Waals surface area contributed by atoms with Gasteiger partial charge in [-0.05, 0) is 5.04 Å². The van der Waals surface area contributed by atoms with Crippen molar-refractivity contribution >= 4 is 16.8 Å². The Bertz CT molecular complexity index is 326. The first-order valence-electron chi connectivity index (χ1n) is 4.23. The van der Waals surface area contributed by atoms with Crippen LogP contribution in [0.15, 0.2) is 0 Å². The second-order valence-electron chi connectivity index (χ2n) is 4.74. The molecule has 0 atom stereocenters. The van der Waals surface area contributed by atoms with Crippen molar-refractivity contribution in [3.05, 3.63) is 0 Å². The van der Waals surface area contributed by atoms with E-state index in [4.69, 9.17) is 0 Å². The zero-order valence-corrected chi connectivity index (χ0v) is 11.1. The molecule has 8 heteroatoms. The van der Waals surface area contributed by atoms with Gasteiger partial charge in [0.25, 0.3) is 0 Å². The van der Waals surface area contributed by atoms with Gasteiger partial charge in [0.2, 0.25) is 16.8 Å². The summed E-state index contributed by atoms with van der Waals surface area (Å²) in [5, 5.41) is -0.725. The molecule has 92 valence electrons. The maximum absolute atomic E-state index is 11.9. The van der Waals surface area contributed by atoms with Crippen molar-refractivity contribution in [1.82, 2.24) is 0 Å². The smallest absolute Gasteiger partial charge is 0.208 e. The molecule has 0 fully saturated rings. The van der Waals surface area contributed by atoms with E-state index in [0.717, 1.165) is 0 Å². The van der Waals surface area contributed by atoms with Gasteiger partial charge >= 0.3 is 6.36 Å². The summed E-state index contributed by atoms with van der Waals surface area (Å²) in [6, 6.07) is 0. The Morgan fingerprint density at radius 1 is 1.07 bits per heavy atom. The van der Waals surface area contributed by atoms with Crippen LogP contribution >= 0.6 is 0 Å². The van der Waals surface area contributed by atoms with Crippen LogP contribution in [0, 0.1) is 0 Å². The Morgan fingerprint density at radius 2 is 1.40 bits per heavy atom. The van der Waals surface area contributed by atoms with Crippen molar-refractivity contribution in [3.8, 4) is 0 Å². The van der Waals surface area contributed by atoms with Crippen LogP contribution in [0.3, 0.4) is 0 Å². The normalized spacial score (nSPS) is 15.5. The summed E-state index contributed by atoms with van der Waals surface area (Å²) in [6.45, 7) is 7.46. The summed E-state index contributed by atoms with van der Waals surface area (Å²) in [7, 11) is -7.77. The summed E-state index contributed by atoms with van der Waals surface area (Å²) < 4.78 is 61.8. The SMILES string of the molecule is CC(C)(C)[Si](C)(C)S(=O)(=O)OC(F)(F)F. The molecule has 0 aromatic heterocycles. The summed E-state index contributed by atoms with van der Waals surface area (Å²) >= 11 is 0. The number of hydrogen-bond acceptors (Lipinski definition) is 3. The van der Waals surface area contributed by atoms with Crippen molar-refractivity contribution < 1.29 is 25.8 Å². The van der Waals surface area contributed by atoms with Crippen LogP contribution < -0.4 is 0 Å². The fourth-order valence-corrected chi connectivity index (χ4v) is 4.97. The molecule has 0 radical (unpaired) electrons. The van der Waals surface area contributed by atoms with Crippen LogP contribution in [0.1, 0.15) is 20.8 Å². The van der Waals surface area contributed by atoms with Gasteiger partial charge in [0.1, 0.15) is 0 Å². The molecule has 0 aliphatic rings. The predicted octanol–water partition coefficient (Wildman–Crippen LogP) is 2.86. The van der Waals surface area contributed by atoms with Gasteiger partial charge in [-0.3, -0.25) is 0 Å². The van der Waals surface area contributed by atoms with Crippen molar-refractivity contribution in [2.24, 2.45) is 0 Å². The highest BCUT2D eigenvalue weighted by atomic mass is 32.4. The van der Waals surface area contributed by atoms with Gasteiger partial charge in [-0.1, -0.05) is 33.9 Å². The number of hydrogen-bond donors (Lipinski definition) is 0. The van der Waals surface area contributed by atoms with Crippen LogP contribution in [0.2, 0.25) is 18.1 Å². The maximum Gasteiger partial charge on any atom is 0.536 e. The van der Waals surface area contributed by atoms with Gasteiger partial charge < -0.3 is 0 Å². The molecule has 0 saturated heterocycles. The molecule has 0 aromatic carbocycles. The van der Waals surface area contributed by atoms with Gasteiger partial charge in [0.15, 0.2) is 0 Å². The second kappa shape index (κ2) is 3.74. The minimum absolute atomic E-state index is 0.725. The van der Waals surface area contributed by atoms with Gasteiger partial charge in [0, 0.05) is 0 Å². The van der Waals surface area contributed by atoms with Gasteiger partial charge in [-0.25, -0.2) is 8.42 Å². The lowest BCUT2D eigenvalue weighted by Gasteiger charge is -2.34. The second-order valence-corrected chi connectivity index (χ2v) is 14.9. The molecule has 0 bridgehead atoms. The topological polar surface area (TPSA) is 43.4 Å². The van der Waals surface area contributed by atoms with Gasteiger partial charge in [-0.15, -0.1) is 13.2 Å². The zero-order valence-electron chi connectivity index (χ0n) is 9.27. The molecule has 0 N–H and O–H groups in total. The largest absolute Gasteiger partial charge is 0.536 e. The maximum atomic E-state index is 11.9. The average molecular weight is 264 g/mol. The predicted molar refractivity (Wildman–Crippen MR) is 53.3 cm³/mol. The van der Waals surface area contributed by atoms with Crippen LogP contribution in [0.4, 0.5) is 13.2 Å². The number of halogens is 3. The summed E-state index contributed by atoms with van der Waals surface area (Å²) in [5.74, 6) is 0. The Hall–Kier alpha value is -0.0831. The third-order valence-electron chi connectivity index (χ3n) is 2.64. The molecule has 0 heterocycles. The number of alkyl halides is 3. The molecule has 0 aliphatic carbocycles. The van der Waals surface area contributed by atoms with Crippen LogP contribution in [0.25, 0.3) is 0 Å². The molecule has 0 amide bonds. The Balaban J connectivity index is 5.24. The van der Waals surface area contributed by atoms with Crippen molar-refractivity contribution in [1.29, 1.82) is 0 Å². The monoisotopic (exact) mass is 264 g/mol. The molecular weight excluding hydrogens is 249 g/mol. The average Bonchev–Trinajstić information content (AvgIpc) is 1.77. The van der Waals surface area contributed by atoms with Crippen molar-refractivity contribution in [2.75, 3.05) is 0 Å². The van der Waals surface area contributed by atoms with Crippen LogP contribution in [-0.2, 0) is 13.8 Å². The molecule has 3 nitrogen and oxygen atoms in total. The minimum atomic E-state index is -5.14. The van der Waals surface area contributed by atoms with Crippen molar-refractivity contribution in [3.63, 3.8) is 0 Å². The Labute approximate surface area is 88.4 Å². The molecule has 0 aromatic rings. The molecule has 0 spiro atoms. The lowest BCUT2D eigenvalue weighted by Crippen LogP contribution is -2.48. The van der Waals surface area contributed by atoms with Crippen LogP contribution in [0.5, 0.6) is 0 Å². The molecule has 0 aliphatic heterocycles. The molecular formula is C7H15F3O3SSi. The highest BCUT2D eigenvalue weighted by molar-refractivity contribution is 8.18. The van der Waals surface area contributed by atoms with E-state index in [0.29, 0.717) is 0 Å². The third-order valence-corrected chi connectivity index (χ3v) is 13.7. The third kappa shape index (κ3) is 3.46. The minimum Gasteiger partial charge on any atom is -0.208 e. The Morgan fingerprint density at radius 3 is 1.60 bits per heavy atom. The fourth-order valence-electron chi connectivity index (χ4n) is 0.604. The summed E-state index contributed by atoms with van der Waals surface area (Å²) in [5.41, 5.74) is 0. The quantitative estimate of drug-likeness (QED) is 0.720. The molecule has 15 heavy (non-hydrogen) atoms. The number of rotatable bonds is 2. The van der Waals surface area contributed by atoms with E-state index < -0.39 is 28.2 Å². The van der Waals surface area contributed by atoms with Crippen LogP contribution in [-0.4, -0.2) is 22.0 Å². The highest BCUT2D eigenvalue weighted by Crippen LogP contribution is 2.41. The fraction of sp³-hybridized carbons (Fsp3) is 1.00. The van der Waals surface area contributed by atoms with E-state index in [1.165, 1.54) is 13.1 Å². The highest BCUT2D eigenvalue weighted by Gasteiger charge is 2.53. The lowest BCUT2D eigenvalue weighted by molar-refractivity contribution is -0.271. The van der Waals surface area contributed by atoms with E-state index in [9.17, 15) is 21.6 Å².